The first kappa shape index (κ1) is 15.8. The molecule has 0 radical (unpaired) electrons. The fraction of sp³-hybridized carbons (Fsp3) is 0.833. The van der Waals surface area contributed by atoms with Crippen molar-refractivity contribution in [1.82, 2.24) is 10.2 Å². The molecule has 5 nitrogen and oxygen atoms in total. The molecule has 0 spiro atoms. The van der Waals surface area contributed by atoms with Crippen LogP contribution in [0.2, 0.25) is 0 Å². The summed E-state index contributed by atoms with van der Waals surface area (Å²) in [4.78, 5) is 25.5. The Bertz CT molecular complexity index is 348. The van der Waals surface area contributed by atoms with Crippen LogP contribution in [0, 0.1) is 0 Å². The van der Waals surface area contributed by atoms with Crippen molar-refractivity contribution in [3.8, 4) is 0 Å². The minimum Gasteiger partial charge on any atom is -0.374 e. The van der Waals surface area contributed by atoms with Crippen LogP contribution in [0.5, 0.6) is 0 Å². The van der Waals surface area contributed by atoms with Gasteiger partial charge < -0.3 is 15.0 Å². The number of nitrogens with zero attached hydrogens (tertiary/aromatic N) is 1. The minimum absolute atomic E-state index is 0.00403. The van der Waals surface area contributed by atoms with Gasteiger partial charge in [-0.3, -0.25) is 9.59 Å². The first-order chi connectivity index (χ1) is 8.79. The van der Waals surface area contributed by atoms with Crippen LogP contribution in [0.25, 0.3) is 0 Å². The second-order valence-corrected chi connectivity index (χ2v) is 5.00. The molecule has 1 aliphatic heterocycles. The minimum atomic E-state index is -2.53. The third-order valence-corrected chi connectivity index (χ3v) is 3.02. The van der Waals surface area contributed by atoms with Gasteiger partial charge in [0.15, 0.2) is 0 Å². The molecule has 1 unspecified atom stereocenters. The van der Waals surface area contributed by atoms with E-state index < -0.39 is 24.6 Å². The maximum absolute atomic E-state index is 12.2. The maximum atomic E-state index is 12.2. The zero-order valence-corrected chi connectivity index (χ0v) is 11.4. The smallest absolute Gasteiger partial charge is 0.261 e. The molecule has 1 rings (SSSR count). The number of alkyl halides is 2. The van der Waals surface area contributed by atoms with Gasteiger partial charge in [0.05, 0.1) is 6.61 Å². The van der Waals surface area contributed by atoms with E-state index in [0.29, 0.717) is 6.42 Å². The van der Waals surface area contributed by atoms with Crippen LogP contribution in [0.4, 0.5) is 8.78 Å². The molecule has 0 aromatic carbocycles. The molecular weight excluding hydrogens is 258 g/mol. The van der Waals surface area contributed by atoms with Gasteiger partial charge in [-0.2, -0.15) is 0 Å². The summed E-state index contributed by atoms with van der Waals surface area (Å²) in [6.45, 7) is 4.51. The lowest BCUT2D eigenvalue weighted by Crippen LogP contribution is -2.68. The molecule has 0 bridgehead atoms. The van der Waals surface area contributed by atoms with Gasteiger partial charge in [0.2, 0.25) is 11.8 Å². The van der Waals surface area contributed by atoms with Gasteiger partial charge in [-0.15, -0.1) is 0 Å². The Morgan fingerprint density at radius 3 is 2.58 bits per heavy atom. The SMILES string of the molecule is CCC1C(=O)NC(C)(C)C(=O)N1CCOCC(F)F. The number of carbonyl (C=O) groups excluding carboxylic acids is 2. The number of amides is 2. The molecule has 110 valence electrons. The summed E-state index contributed by atoms with van der Waals surface area (Å²) in [6, 6.07) is -0.560. The average molecular weight is 278 g/mol. The second kappa shape index (κ2) is 6.27. The number of hydrogen-bond acceptors (Lipinski definition) is 3. The summed E-state index contributed by atoms with van der Waals surface area (Å²) in [5, 5.41) is 2.65. The third-order valence-electron chi connectivity index (χ3n) is 3.02. The van der Waals surface area contributed by atoms with Gasteiger partial charge in [-0.05, 0) is 20.3 Å². The number of piperazine rings is 1. The van der Waals surface area contributed by atoms with Crippen molar-refractivity contribution >= 4 is 11.8 Å². The third kappa shape index (κ3) is 3.86. The Labute approximate surface area is 111 Å². The van der Waals surface area contributed by atoms with Crippen molar-refractivity contribution < 1.29 is 23.1 Å². The van der Waals surface area contributed by atoms with Gasteiger partial charge in [-0.25, -0.2) is 8.78 Å². The molecule has 0 aromatic rings. The van der Waals surface area contributed by atoms with Crippen molar-refractivity contribution in [2.45, 2.75) is 45.2 Å². The van der Waals surface area contributed by atoms with Crippen LogP contribution < -0.4 is 5.32 Å². The molecule has 2 amide bonds. The fourth-order valence-electron chi connectivity index (χ4n) is 2.09. The standard InChI is InChI=1S/C12H20F2N2O3/c1-4-8-10(17)15-12(2,3)11(18)16(8)5-6-19-7-9(13)14/h8-9H,4-7H2,1-3H3,(H,15,17). The van der Waals surface area contributed by atoms with E-state index in [1.54, 1.807) is 20.8 Å². The number of nitrogens with one attached hydrogen (secondary N) is 1. The molecule has 1 fully saturated rings. The molecule has 0 aromatic heterocycles. The average Bonchev–Trinajstić information content (AvgIpc) is 2.29. The van der Waals surface area contributed by atoms with E-state index in [4.69, 9.17) is 4.74 Å². The zero-order chi connectivity index (χ0) is 14.6. The van der Waals surface area contributed by atoms with E-state index in [1.165, 1.54) is 4.90 Å². The predicted octanol–water partition coefficient (Wildman–Crippen LogP) is 0.784. The Hall–Kier alpha value is -1.24. The molecule has 19 heavy (non-hydrogen) atoms. The Balaban J connectivity index is 2.64. The number of ether oxygens (including phenoxy) is 1. The molecule has 1 heterocycles. The van der Waals surface area contributed by atoms with Crippen LogP contribution in [0.15, 0.2) is 0 Å². The summed E-state index contributed by atoms with van der Waals surface area (Å²) in [6.07, 6.45) is -2.05. The van der Waals surface area contributed by atoms with Crippen LogP contribution in [-0.2, 0) is 14.3 Å². The number of halogens is 2. The predicted molar refractivity (Wildman–Crippen MR) is 64.8 cm³/mol. The Morgan fingerprint density at radius 2 is 2.05 bits per heavy atom. The lowest BCUT2D eigenvalue weighted by atomic mass is 9.96. The normalized spacial score (nSPS) is 22.8. The van der Waals surface area contributed by atoms with Crippen LogP contribution >= 0.6 is 0 Å². The van der Waals surface area contributed by atoms with E-state index in [2.05, 4.69) is 5.32 Å². The van der Waals surface area contributed by atoms with E-state index in [1.807, 2.05) is 0 Å². The van der Waals surface area contributed by atoms with E-state index in [-0.39, 0.29) is 25.0 Å². The van der Waals surface area contributed by atoms with Crippen molar-refractivity contribution in [3.05, 3.63) is 0 Å². The van der Waals surface area contributed by atoms with E-state index in [0.717, 1.165) is 0 Å². The van der Waals surface area contributed by atoms with E-state index >= 15 is 0 Å². The molecule has 1 aliphatic rings. The highest BCUT2D eigenvalue weighted by molar-refractivity contribution is 5.99. The molecule has 0 saturated carbocycles. The van der Waals surface area contributed by atoms with Crippen LogP contribution in [0.3, 0.4) is 0 Å². The van der Waals surface area contributed by atoms with Crippen molar-refractivity contribution in [2.24, 2.45) is 0 Å². The fourth-order valence-corrected chi connectivity index (χ4v) is 2.09. The summed E-state index contributed by atoms with van der Waals surface area (Å²) in [5.74, 6) is -0.444. The largest absolute Gasteiger partial charge is 0.374 e. The van der Waals surface area contributed by atoms with Crippen LogP contribution in [0.1, 0.15) is 27.2 Å². The highest BCUT2D eigenvalue weighted by atomic mass is 19.3. The van der Waals surface area contributed by atoms with Crippen molar-refractivity contribution in [3.63, 3.8) is 0 Å². The van der Waals surface area contributed by atoms with Crippen LogP contribution in [-0.4, -0.2) is 54.5 Å². The van der Waals surface area contributed by atoms with Gasteiger partial charge in [0.1, 0.15) is 18.2 Å². The van der Waals surface area contributed by atoms with E-state index in [9.17, 15) is 18.4 Å². The number of rotatable bonds is 6. The molecule has 1 saturated heterocycles. The van der Waals surface area contributed by atoms with Crippen molar-refractivity contribution in [2.75, 3.05) is 19.8 Å². The molecule has 1 N–H and O–H groups in total. The molecule has 0 aliphatic carbocycles. The summed E-state index contributed by atoms with van der Waals surface area (Å²) in [7, 11) is 0. The molecule has 1 atom stereocenters. The highest BCUT2D eigenvalue weighted by Crippen LogP contribution is 2.19. The number of hydrogen-bond donors (Lipinski definition) is 1. The lowest BCUT2D eigenvalue weighted by molar-refractivity contribution is -0.154. The Kier molecular flexibility index (Phi) is 5.22. The molecule has 7 heteroatoms. The Morgan fingerprint density at radius 1 is 1.42 bits per heavy atom. The summed E-state index contributed by atoms with van der Waals surface area (Å²) < 4.78 is 28.6. The highest BCUT2D eigenvalue weighted by Gasteiger charge is 2.44. The zero-order valence-electron chi connectivity index (χ0n) is 11.4. The van der Waals surface area contributed by atoms with Gasteiger partial charge in [0.25, 0.3) is 6.43 Å². The lowest BCUT2D eigenvalue weighted by Gasteiger charge is -2.42. The summed E-state index contributed by atoms with van der Waals surface area (Å²) >= 11 is 0. The number of carbonyl (C=O) groups is 2. The second-order valence-electron chi connectivity index (χ2n) is 5.00. The first-order valence-electron chi connectivity index (χ1n) is 6.28. The van der Waals surface area contributed by atoms with Gasteiger partial charge in [0, 0.05) is 6.54 Å². The van der Waals surface area contributed by atoms with Gasteiger partial charge >= 0.3 is 0 Å². The monoisotopic (exact) mass is 278 g/mol. The maximum Gasteiger partial charge on any atom is 0.261 e. The first-order valence-corrected chi connectivity index (χ1v) is 6.28. The summed E-state index contributed by atoms with van der Waals surface area (Å²) in [5.41, 5.74) is -0.967. The van der Waals surface area contributed by atoms with Gasteiger partial charge in [-0.1, -0.05) is 6.92 Å². The topological polar surface area (TPSA) is 58.6 Å². The molecular formula is C12H20F2N2O3. The van der Waals surface area contributed by atoms with Crippen molar-refractivity contribution in [1.29, 1.82) is 0 Å². The quantitative estimate of drug-likeness (QED) is 0.731.